The van der Waals surface area contributed by atoms with Crippen LogP contribution in [0.1, 0.15) is 18.5 Å². The summed E-state index contributed by atoms with van der Waals surface area (Å²) in [7, 11) is -1.03. The molecule has 0 aromatic heterocycles. The number of benzene rings is 3. The number of anilines is 1. The summed E-state index contributed by atoms with van der Waals surface area (Å²) in [4.78, 5) is -0.0439. The number of hydrogen-bond donors (Lipinski definition) is 0. The zero-order valence-electron chi connectivity index (χ0n) is 16.7. The summed E-state index contributed by atoms with van der Waals surface area (Å²) in [5, 5.41) is 0.386. The van der Waals surface area contributed by atoms with Crippen molar-refractivity contribution >= 4 is 27.3 Å². The number of nitrogens with zero attached hydrogens (tertiary/aromatic N) is 1. The smallest absolute Gasteiger partial charge is 0.264 e. The molecule has 3 rings (SSSR count). The second-order valence-electron chi connectivity index (χ2n) is 6.52. The Morgan fingerprint density at radius 1 is 0.967 bits per heavy atom. The third kappa shape index (κ3) is 4.37. The zero-order chi connectivity index (χ0) is 21.9. The van der Waals surface area contributed by atoms with E-state index < -0.39 is 21.9 Å². The molecule has 158 valence electrons. The predicted octanol–water partition coefficient (Wildman–Crippen LogP) is 5.45. The number of sulfonamides is 1. The molecule has 1 atom stereocenters. The van der Waals surface area contributed by atoms with Gasteiger partial charge in [0.1, 0.15) is 17.3 Å². The van der Waals surface area contributed by atoms with E-state index in [1.165, 1.54) is 30.7 Å². The Labute approximate surface area is 180 Å². The number of rotatable bonds is 7. The summed E-state index contributed by atoms with van der Waals surface area (Å²) in [6.07, 6.45) is 0. The molecule has 0 radical (unpaired) electrons. The van der Waals surface area contributed by atoms with Crippen LogP contribution in [-0.2, 0) is 10.0 Å². The molecule has 0 saturated heterocycles. The second kappa shape index (κ2) is 8.93. The minimum Gasteiger partial charge on any atom is -0.497 e. The van der Waals surface area contributed by atoms with Crippen LogP contribution in [-0.4, -0.2) is 22.6 Å². The van der Waals surface area contributed by atoms with E-state index in [-0.39, 0.29) is 4.90 Å². The minimum absolute atomic E-state index is 0.0439. The summed E-state index contributed by atoms with van der Waals surface area (Å²) < 4.78 is 52.6. The fourth-order valence-corrected chi connectivity index (χ4v) is 5.01. The molecule has 0 heterocycles. The lowest BCUT2D eigenvalue weighted by molar-refractivity contribution is 0.396. The van der Waals surface area contributed by atoms with Crippen LogP contribution in [0.4, 0.5) is 10.1 Å². The van der Waals surface area contributed by atoms with Crippen LogP contribution >= 0.6 is 11.6 Å². The standard InChI is InChI=1S/C22H21ClFNO4S/c1-15(21-14-19(28-2)9-12-22(21)29-3)25(18-6-4-5-16(23)13-18)30(26,27)20-10-7-17(24)8-11-20/h4-15H,1-3H3. The first-order valence-corrected chi connectivity index (χ1v) is 10.9. The fraction of sp³-hybridized carbons (Fsp3) is 0.182. The predicted molar refractivity (Wildman–Crippen MR) is 115 cm³/mol. The van der Waals surface area contributed by atoms with Crippen LogP contribution in [0.15, 0.2) is 71.6 Å². The van der Waals surface area contributed by atoms with Crippen molar-refractivity contribution in [1.29, 1.82) is 0 Å². The number of hydrogen-bond acceptors (Lipinski definition) is 4. The van der Waals surface area contributed by atoms with E-state index in [2.05, 4.69) is 0 Å². The van der Waals surface area contributed by atoms with Gasteiger partial charge in [-0.25, -0.2) is 12.8 Å². The maximum atomic E-state index is 13.6. The van der Waals surface area contributed by atoms with E-state index in [1.807, 2.05) is 0 Å². The highest BCUT2D eigenvalue weighted by molar-refractivity contribution is 7.92. The molecule has 0 aliphatic heterocycles. The quantitative estimate of drug-likeness (QED) is 0.481. The van der Waals surface area contributed by atoms with Gasteiger partial charge in [-0.3, -0.25) is 4.31 Å². The maximum Gasteiger partial charge on any atom is 0.264 e. The molecule has 0 aliphatic carbocycles. The number of ether oxygens (including phenoxy) is 2. The van der Waals surface area contributed by atoms with Gasteiger partial charge in [-0.05, 0) is 67.6 Å². The van der Waals surface area contributed by atoms with Gasteiger partial charge >= 0.3 is 0 Å². The third-order valence-electron chi connectivity index (χ3n) is 4.67. The minimum atomic E-state index is -4.07. The molecule has 0 bridgehead atoms. The normalized spacial score (nSPS) is 12.3. The van der Waals surface area contributed by atoms with Crippen molar-refractivity contribution in [3.8, 4) is 11.5 Å². The van der Waals surface area contributed by atoms with Crippen molar-refractivity contribution < 1.29 is 22.3 Å². The number of methoxy groups -OCH3 is 2. The summed E-state index contributed by atoms with van der Waals surface area (Å²) >= 11 is 6.15. The van der Waals surface area contributed by atoms with Crippen LogP contribution in [0.2, 0.25) is 5.02 Å². The van der Waals surface area contributed by atoms with Crippen LogP contribution < -0.4 is 13.8 Å². The van der Waals surface area contributed by atoms with Crippen LogP contribution in [0.25, 0.3) is 0 Å². The van der Waals surface area contributed by atoms with Gasteiger partial charge in [-0.15, -0.1) is 0 Å². The van der Waals surface area contributed by atoms with Gasteiger partial charge in [0.2, 0.25) is 0 Å². The van der Waals surface area contributed by atoms with Crippen molar-refractivity contribution in [3.63, 3.8) is 0 Å². The second-order valence-corrected chi connectivity index (χ2v) is 8.77. The number of halogens is 2. The Morgan fingerprint density at radius 3 is 2.27 bits per heavy atom. The first-order valence-electron chi connectivity index (χ1n) is 9.05. The molecular weight excluding hydrogens is 429 g/mol. The van der Waals surface area contributed by atoms with E-state index in [4.69, 9.17) is 21.1 Å². The Balaban J connectivity index is 2.21. The highest BCUT2D eigenvalue weighted by Gasteiger charge is 2.32. The van der Waals surface area contributed by atoms with Crippen LogP contribution in [0.5, 0.6) is 11.5 Å². The lowest BCUT2D eigenvalue weighted by Gasteiger charge is -2.32. The van der Waals surface area contributed by atoms with Crippen molar-refractivity contribution in [2.24, 2.45) is 0 Å². The molecule has 0 amide bonds. The van der Waals surface area contributed by atoms with Crippen molar-refractivity contribution in [2.45, 2.75) is 17.9 Å². The highest BCUT2D eigenvalue weighted by atomic mass is 35.5. The molecule has 0 spiro atoms. The Bertz CT molecular complexity index is 1140. The largest absolute Gasteiger partial charge is 0.497 e. The van der Waals surface area contributed by atoms with E-state index in [0.717, 1.165) is 12.1 Å². The first-order chi connectivity index (χ1) is 14.3. The molecule has 0 saturated carbocycles. The average molecular weight is 450 g/mol. The fourth-order valence-electron chi connectivity index (χ4n) is 3.20. The van der Waals surface area contributed by atoms with Gasteiger partial charge < -0.3 is 9.47 Å². The molecule has 1 unspecified atom stereocenters. The van der Waals surface area contributed by atoms with E-state index in [1.54, 1.807) is 49.4 Å². The Hall–Kier alpha value is -2.77. The van der Waals surface area contributed by atoms with E-state index in [0.29, 0.717) is 27.8 Å². The third-order valence-corrected chi connectivity index (χ3v) is 6.82. The SMILES string of the molecule is COc1ccc(OC)c(C(C)N(c2cccc(Cl)c2)S(=O)(=O)c2ccc(F)cc2)c1. The average Bonchev–Trinajstić information content (AvgIpc) is 2.73. The van der Waals surface area contributed by atoms with E-state index >= 15 is 0 Å². The van der Waals surface area contributed by atoms with Gasteiger partial charge in [-0.2, -0.15) is 0 Å². The monoisotopic (exact) mass is 449 g/mol. The van der Waals surface area contributed by atoms with Crippen LogP contribution in [0, 0.1) is 5.82 Å². The molecule has 3 aromatic rings. The van der Waals surface area contributed by atoms with Crippen molar-refractivity contribution in [3.05, 3.63) is 83.1 Å². The topological polar surface area (TPSA) is 55.8 Å². The summed E-state index contributed by atoms with van der Waals surface area (Å²) in [6.45, 7) is 1.74. The van der Waals surface area contributed by atoms with Gasteiger partial charge in [0.05, 0.1) is 30.8 Å². The van der Waals surface area contributed by atoms with Gasteiger partial charge in [0.25, 0.3) is 10.0 Å². The van der Waals surface area contributed by atoms with Crippen molar-refractivity contribution in [2.75, 3.05) is 18.5 Å². The maximum absolute atomic E-state index is 13.6. The molecule has 5 nitrogen and oxygen atoms in total. The Morgan fingerprint density at radius 2 is 1.67 bits per heavy atom. The molecular formula is C22H21ClFNO4S. The highest BCUT2D eigenvalue weighted by Crippen LogP contribution is 2.39. The molecule has 3 aromatic carbocycles. The first kappa shape index (κ1) is 21.9. The lowest BCUT2D eigenvalue weighted by Crippen LogP contribution is -2.34. The Kier molecular flexibility index (Phi) is 6.53. The summed E-state index contributed by atoms with van der Waals surface area (Å²) in [5.74, 6) is 0.540. The van der Waals surface area contributed by atoms with Crippen LogP contribution in [0.3, 0.4) is 0 Å². The molecule has 30 heavy (non-hydrogen) atoms. The van der Waals surface area contributed by atoms with Crippen molar-refractivity contribution in [1.82, 2.24) is 0 Å². The summed E-state index contributed by atoms with van der Waals surface area (Å²) in [6, 6.07) is 15.7. The van der Waals surface area contributed by atoms with Gasteiger partial charge in [-0.1, -0.05) is 17.7 Å². The molecule has 0 fully saturated rings. The summed E-state index contributed by atoms with van der Waals surface area (Å²) in [5.41, 5.74) is 0.965. The lowest BCUT2D eigenvalue weighted by atomic mass is 10.1. The van der Waals surface area contributed by atoms with Gasteiger partial charge in [0.15, 0.2) is 0 Å². The zero-order valence-corrected chi connectivity index (χ0v) is 18.2. The molecule has 8 heteroatoms. The molecule has 0 N–H and O–H groups in total. The molecule has 0 aliphatic rings. The van der Waals surface area contributed by atoms with Gasteiger partial charge in [0, 0.05) is 10.6 Å². The van der Waals surface area contributed by atoms with E-state index in [9.17, 15) is 12.8 Å².